The van der Waals surface area contributed by atoms with Crippen molar-refractivity contribution in [3.63, 3.8) is 0 Å². The Morgan fingerprint density at radius 1 is 0.939 bits per heavy atom. The molecule has 0 saturated heterocycles. The lowest BCUT2D eigenvalue weighted by molar-refractivity contribution is 0.0983. The van der Waals surface area contributed by atoms with E-state index >= 15 is 0 Å². The van der Waals surface area contributed by atoms with E-state index in [0.717, 1.165) is 16.8 Å². The number of rotatable bonds is 7. The summed E-state index contributed by atoms with van der Waals surface area (Å²) in [5.74, 6) is 1.11. The van der Waals surface area contributed by atoms with Gasteiger partial charge in [0.05, 0.1) is 15.8 Å². The first-order chi connectivity index (χ1) is 15.4. The summed E-state index contributed by atoms with van der Waals surface area (Å²) in [6.07, 6.45) is 0. The number of carbonyl (C=O) groups is 1. The van der Waals surface area contributed by atoms with Crippen molar-refractivity contribution in [2.45, 2.75) is 13.8 Å². The third kappa shape index (κ3) is 5.71. The molecule has 5 nitrogen and oxygen atoms in total. The highest BCUT2D eigenvalue weighted by Crippen LogP contribution is 2.33. The van der Waals surface area contributed by atoms with Crippen LogP contribution in [0.25, 0.3) is 10.2 Å². The first-order valence-electron chi connectivity index (χ1n) is 10.6. The maximum atomic E-state index is 13.8. The number of para-hydroxylation sites is 2. The fourth-order valence-electron chi connectivity index (χ4n) is 3.36. The van der Waals surface area contributed by atoms with E-state index in [2.05, 4.69) is 30.9 Å². The molecule has 0 N–H and O–H groups in total. The largest absolute Gasteiger partial charge is 0.457 e. The third-order valence-corrected chi connectivity index (χ3v) is 6.37. The van der Waals surface area contributed by atoms with Gasteiger partial charge >= 0.3 is 0 Å². The zero-order chi connectivity index (χ0) is 22.7. The van der Waals surface area contributed by atoms with E-state index in [1.165, 1.54) is 11.1 Å². The summed E-state index contributed by atoms with van der Waals surface area (Å²) in [6.45, 7) is 5.44. The van der Waals surface area contributed by atoms with Crippen molar-refractivity contribution in [3.05, 3.63) is 83.4 Å². The minimum atomic E-state index is -0.120. The Morgan fingerprint density at radius 3 is 2.33 bits per heavy atom. The van der Waals surface area contributed by atoms with Crippen molar-refractivity contribution in [1.82, 2.24) is 9.88 Å². The van der Waals surface area contributed by atoms with E-state index in [1.54, 1.807) is 16.2 Å². The second-order valence-corrected chi connectivity index (χ2v) is 9.08. The molecule has 0 aliphatic rings. The van der Waals surface area contributed by atoms with Crippen LogP contribution in [-0.4, -0.2) is 43.0 Å². The number of carbonyl (C=O) groups excluding carboxylic acids is 1. The Labute approximate surface area is 205 Å². The molecule has 0 aliphatic carbocycles. The highest BCUT2D eigenvalue weighted by Gasteiger charge is 2.24. The zero-order valence-corrected chi connectivity index (χ0v) is 20.9. The van der Waals surface area contributed by atoms with E-state index in [-0.39, 0.29) is 18.3 Å². The quantitative estimate of drug-likeness (QED) is 0.309. The van der Waals surface area contributed by atoms with Crippen LogP contribution in [0.1, 0.15) is 21.5 Å². The normalized spacial score (nSPS) is 10.8. The number of aryl methyl sites for hydroxylation is 2. The van der Waals surface area contributed by atoms with Gasteiger partial charge in [-0.25, -0.2) is 4.98 Å². The number of benzene rings is 3. The van der Waals surface area contributed by atoms with Gasteiger partial charge in [-0.15, -0.1) is 12.4 Å². The van der Waals surface area contributed by atoms with E-state index < -0.39 is 0 Å². The summed E-state index contributed by atoms with van der Waals surface area (Å²) in [6, 6.07) is 21.1. The molecular formula is C26H28ClN3O2S. The first kappa shape index (κ1) is 24.7. The Bertz CT molecular complexity index is 1200. The van der Waals surface area contributed by atoms with Gasteiger partial charge in [0, 0.05) is 13.1 Å². The Hall–Kier alpha value is -2.93. The van der Waals surface area contributed by atoms with Crippen LogP contribution in [0.2, 0.25) is 0 Å². The standard InChI is InChI=1S/C26H27N3O2S.ClH/c1-18-16-22-24(17-19(18)2)32-26(27-22)29(15-14-28(3)4)25(30)21-12-8-9-13-23(21)31-20-10-6-5-7-11-20;/h5-13,16-17H,14-15H2,1-4H3;1H. The lowest BCUT2D eigenvalue weighted by atomic mass is 10.1. The molecule has 0 unspecified atom stereocenters. The molecule has 0 spiro atoms. The second kappa shape index (κ2) is 10.8. The zero-order valence-electron chi connectivity index (χ0n) is 19.2. The van der Waals surface area contributed by atoms with E-state index in [4.69, 9.17) is 9.72 Å². The maximum Gasteiger partial charge on any atom is 0.263 e. The third-order valence-electron chi connectivity index (χ3n) is 5.33. The van der Waals surface area contributed by atoms with Crippen LogP contribution < -0.4 is 9.64 Å². The molecule has 1 aromatic heterocycles. The number of amides is 1. The van der Waals surface area contributed by atoms with Crippen molar-refractivity contribution in [2.75, 3.05) is 32.1 Å². The molecule has 7 heteroatoms. The lowest BCUT2D eigenvalue weighted by Gasteiger charge is -2.23. The molecule has 0 radical (unpaired) electrons. The van der Waals surface area contributed by atoms with E-state index in [1.807, 2.05) is 68.7 Å². The number of thiazole rings is 1. The van der Waals surface area contributed by atoms with Crippen LogP contribution in [0.5, 0.6) is 11.5 Å². The number of anilines is 1. The molecule has 4 aromatic rings. The summed E-state index contributed by atoms with van der Waals surface area (Å²) in [5.41, 5.74) is 3.86. The molecule has 0 fully saturated rings. The summed E-state index contributed by atoms with van der Waals surface area (Å²) in [7, 11) is 4.00. The summed E-state index contributed by atoms with van der Waals surface area (Å²) in [4.78, 5) is 22.4. The molecule has 0 bridgehead atoms. The van der Waals surface area contributed by atoms with Gasteiger partial charge < -0.3 is 9.64 Å². The smallest absolute Gasteiger partial charge is 0.263 e. The topological polar surface area (TPSA) is 45.7 Å². The lowest BCUT2D eigenvalue weighted by Crippen LogP contribution is -2.36. The van der Waals surface area contributed by atoms with Crippen molar-refractivity contribution in [3.8, 4) is 11.5 Å². The second-order valence-electron chi connectivity index (χ2n) is 8.07. The van der Waals surface area contributed by atoms with Gasteiger partial charge in [0.15, 0.2) is 5.13 Å². The number of fused-ring (bicyclic) bond motifs is 1. The molecular weight excluding hydrogens is 454 g/mol. The molecule has 33 heavy (non-hydrogen) atoms. The van der Waals surface area contributed by atoms with Crippen LogP contribution in [0.3, 0.4) is 0 Å². The molecule has 0 atom stereocenters. The Balaban J connectivity index is 0.00000306. The number of nitrogens with zero attached hydrogens (tertiary/aromatic N) is 3. The van der Waals surface area contributed by atoms with Gasteiger partial charge in [-0.3, -0.25) is 9.69 Å². The van der Waals surface area contributed by atoms with Gasteiger partial charge in [-0.1, -0.05) is 41.7 Å². The average Bonchev–Trinajstić information content (AvgIpc) is 3.17. The van der Waals surface area contributed by atoms with Crippen LogP contribution in [0.4, 0.5) is 5.13 Å². The van der Waals surface area contributed by atoms with Crippen molar-refractivity contribution >= 4 is 45.0 Å². The molecule has 1 amide bonds. The summed E-state index contributed by atoms with van der Waals surface area (Å²) in [5, 5.41) is 0.700. The fourth-order valence-corrected chi connectivity index (χ4v) is 4.43. The van der Waals surface area contributed by atoms with Gasteiger partial charge in [0.2, 0.25) is 0 Å². The fraction of sp³-hybridized carbons (Fsp3) is 0.231. The molecule has 4 rings (SSSR count). The van der Waals surface area contributed by atoms with E-state index in [0.29, 0.717) is 28.7 Å². The van der Waals surface area contributed by atoms with Crippen molar-refractivity contribution in [1.29, 1.82) is 0 Å². The molecule has 172 valence electrons. The van der Waals surface area contributed by atoms with Crippen molar-refractivity contribution < 1.29 is 9.53 Å². The molecule has 0 saturated carbocycles. The molecule has 0 aliphatic heterocycles. The first-order valence-corrected chi connectivity index (χ1v) is 11.4. The van der Waals surface area contributed by atoms with Crippen LogP contribution in [-0.2, 0) is 0 Å². The van der Waals surface area contributed by atoms with Gasteiger partial charge in [-0.2, -0.15) is 0 Å². The minimum Gasteiger partial charge on any atom is -0.457 e. The average molecular weight is 482 g/mol. The summed E-state index contributed by atoms with van der Waals surface area (Å²) >= 11 is 1.55. The summed E-state index contributed by atoms with van der Waals surface area (Å²) < 4.78 is 7.14. The molecule has 3 aromatic carbocycles. The number of likely N-dealkylation sites (N-methyl/N-ethyl adjacent to an activating group) is 1. The van der Waals surface area contributed by atoms with Crippen LogP contribution in [0, 0.1) is 13.8 Å². The number of aromatic nitrogens is 1. The number of hydrogen-bond donors (Lipinski definition) is 0. The van der Waals surface area contributed by atoms with Gasteiger partial charge in [0.25, 0.3) is 5.91 Å². The minimum absolute atomic E-state index is 0. The number of hydrogen-bond acceptors (Lipinski definition) is 5. The predicted molar refractivity (Wildman–Crippen MR) is 140 cm³/mol. The van der Waals surface area contributed by atoms with Crippen molar-refractivity contribution in [2.24, 2.45) is 0 Å². The molecule has 1 heterocycles. The van der Waals surface area contributed by atoms with E-state index in [9.17, 15) is 4.79 Å². The highest BCUT2D eigenvalue weighted by molar-refractivity contribution is 7.22. The number of halogens is 1. The Morgan fingerprint density at radius 2 is 1.61 bits per heavy atom. The maximum absolute atomic E-state index is 13.8. The predicted octanol–water partition coefficient (Wildman–Crippen LogP) is 6.34. The SMILES string of the molecule is Cc1cc2nc(N(CCN(C)C)C(=O)c3ccccc3Oc3ccccc3)sc2cc1C.Cl. The van der Waals surface area contributed by atoms with Crippen LogP contribution >= 0.6 is 23.7 Å². The number of ether oxygens (including phenoxy) is 1. The van der Waals surface area contributed by atoms with Gasteiger partial charge in [-0.05, 0) is 75.5 Å². The Kier molecular flexibility index (Phi) is 8.08. The monoisotopic (exact) mass is 481 g/mol. The van der Waals surface area contributed by atoms with Crippen LogP contribution in [0.15, 0.2) is 66.7 Å². The highest BCUT2D eigenvalue weighted by atomic mass is 35.5. The van der Waals surface area contributed by atoms with Gasteiger partial charge in [0.1, 0.15) is 11.5 Å².